The molecular formula is C29H34F6N4O11. The molecule has 0 unspecified atom stereocenters. The maximum Gasteiger partial charge on any atom is 0.490 e. The molecule has 0 heterocycles. The molecule has 4 rings (SSSR count). The second-order valence-corrected chi connectivity index (χ2v) is 12.0. The SMILES string of the molecule is CN(C)c1cc(N(C)C)c2c(c1O)C(O)=C1C(=O)[C@]3(O)C(O)=C(C(N)=O)C(=O)[C@@H](N(C)C)[C@@H]3C[C@@H]1C2.O=C(O)C(F)(F)F.O=C(O)C(F)(F)F. The molecule has 1 amide bonds. The zero-order chi connectivity index (χ0) is 39.2. The van der Waals surface area contributed by atoms with Crippen LogP contribution in [-0.2, 0) is 30.4 Å². The number of aliphatic carboxylic acids is 2. The van der Waals surface area contributed by atoms with Crippen LogP contribution >= 0.6 is 0 Å². The number of halogens is 6. The van der Waals surface area contributed by atoms with Crippen molar-refractivity contribution < 1.29 is 81.0 Å². The van der Waals surface area contributed by atoms with Gasteiger partial charge in [0.05, 0.1) is 17.3 Å². The largest absolute Gasteiger partial charge is 0.508 e. The maximum atomic E-state index is 13.9. The number of likely N-dealkylation sites (N-methyl/N-ethyl adjacent to an activating group) is 1. The van der Waals surface area contributed by atoms with Crippen LogP contribution in [0.25, 0.3) is 5.76 Å². The van der Waals surface area contributed by atoms with Crippen molar-refractivity contribution in [2.24, 2.45) is 17.6 Å². The van der Waals surface area contributed by atoms with Gasteiger partial charge in [-0.05, 0) is 44.5 Å². The molecule has 1 saturated carbocycles. The number of carbonyl (C=O) groups is 5. The van der Waals surface area contributed by atoms with Gasteiger partial charge in [-0.1, -0.05) is 0 Å². The highest BCUT2D eigenvalue weighted by atomic mass is 19.4. The molecule has 8 N–H and O–H groups in total. The summed E-state index contributed by atoms with van der Waals surface area (Å²) >= 11 is 0. The first-order valence-electron chi connectivity index (χ1n) is 14.0. The molecule has 4 atom stereocenters. The van der Waals surface area contributed by atoms with Crippen molar-refractivity contribution in [1.29, 1.82) is 0 Å². The van der Waals surface area contributed by atoms with Gasteiger partial charge in [-0.2, -0.15) is 26.3 Å². The molecule has 3 aliphatic rings. The average Bonchev–Trinajstić information content (AvgIpc) is 2.94. The van der Waals surface area contributed by atoms with E-state index in [9.17, 15) is 61.2 Å². The third kappa shape index (κ3) is 7.42. The second-order valence-electron chi connectivity index (χ2n) is 12.0. The van der Waals surface area contributed by atoms with Crippen LogP contribution in [0.3, 0.4) is 0 Å². The molecular weight excluding hydrogens is 694 g/mol. The molecule has 0 aliphatic heterocycles. The van der Waals surface area contributed by atoms with Gasteiger partial charge in [0.25, 0.3) is 5.91 Å². The summed E-state index contributed by atoms with van der Waals surface area (Å²) in [5.41, 5.74) is 3.53. The van der Waals surface area contributed by atoms with Crippen molar-refractivity contribution in [3.8, 4) is 5.75 Å². The Morgan fingerprint density at radius 2 is 1.30 bits per heavy atom. The first-order valence-corrected chi connectivity index (χ1v) is 14.0. The Labute approximate surface area is 279 Å². The summed E-state index contributed by atoms with van der Waals surface area (Å²) in [6, 6.07) is 0.675. The van der Waals surface area contributed by atoms with Crippen molar-refractivity contribution in [1.82, 2.24) is 4.90 Å². The maximum absolute atomic E-state index is 13.9. The Balaban J connectivity index is 0.000000521. The number of phenols is 1. The lowest BCUT2D eigenvalue weighted by molar-refractivity contribution is -0.193. The normalized spacial score (nSPS) is 23.0. The number of nitrogens with two attached hydrogens (primary N) is 1. The molecule has 3 aliphatic carbocycles. The van der Waals surface area contributed by atoms with E-state index >= 15 is 0 Å². The fourth-order valence-electron chi connectivity index (χ4n) is 6.02. The van der Waals surface area contributed by atoms with E-state index in [4.69, 9.17) is 25.5 Å². The fraction of sp³-hybridized carbons (Fsp3) is 0.483. The number of fused-ring (bicyclic) bond motifs is 3. The van der Waals surface area contributed by atoms with Gasteiger partial charge in [0, 0.05) is 45.4 Å². The fourth-order valence-corrected chi connectivity index (χ4v) is 6.02. The molecule has 15 nitrogen and oxygen atoms in total. The summed E-state index contributed by atoms with van der Waals surface area (Å²) in [4.78, 5) is 61.9. The van der Waals surface area contributed by atoms with Gasteiger partial charge in [0.1, 0.15) is 22.8 Å². The van der Waals surface area contributed by atoms with E-state index in [0.29, 0.717) is 11.3 Å². The van der Waals surface area contributed by atoms with E-state index in [1.54, 1.807) is 39.2 Å². The van der Waals surface area contributed by atoms with Crippen molar-refractivity contribution in [3.05, 3.63) is 34.1 Å². The summed E-state index contributed by atoms with van der Waals surface area (Å²) in [5, 5.41) is 59.3. The highest BCUT2D eigenvalue weighted by molar-refractivity contribution is 6.24. The number of Topliss-reactive ketones (excluding diaryl/α,β-unsaturated/α-hetero) is 2. The number of phenolic OH excluding ortho intramolecular Hbond substituents is 1. The number of ketones is 2. The van der Waals surface area contributed by atoms with Gasteiger partial charge in [0.2, 0.25) is 5.78 Å². The zero-order valence-corrected chi connectivity index (χ0v) is 27.1. The number of carboxylic acid groups (broad SMARTS) is 2. The quantitative estimate of drug-likeness (QED) is 0.171. The average molecular weight is 729 g/mol. The van der Waals surface area contributed by atoms with Crippen LogP contribution in [-0.4, -0.2) is 131 Å². The summed E-state index contributed by atoms with van der Waals surface area (Å²) in [6.07, 6.45) is -9.88. The van der Waals surface area contributed by atoms with Gasteiger partial charge in [-0.25, -0.2) is 9.59 Å². The predicted molar refractivity (Wildman–Crippen MR) is 160 cm³/mol. The first kappa shape index (κ1) is 41.1. The van der Waals surface area contributed by atoms with Crippen LogP contribution in [0.2, 0.25) is 0 Å². The molecule has 50 heavy (non-hydrogen) atoms. The number of nitrogens with zero attached hydrogens (tertiary/aromatic N) is 3. The minimum atomic E-state index is -5.08. The number of carboxylic acids is 2. The first-order chi connectivity index (χ1) is 22.5. The van der Waals surface area contributed by atoms with E-state index in [0.717, 1.165) is 5.69 Å². The van der Waals surface area contributed by atoms with Crippen molar-refractivity contribution in [3.63, 3.8) is 0 Å². The monoisotopic (exact) mass is 728 g/mol. The number of aromatic hydroxyl groups is 1. The van der Waals surface area contributed by atoms with Crippen LogP contribution in [0.15, 0.2) is 23.0 Å². The van der Waals surface area contributed by atoms with Gasteiger partial charge >= 0.3 is 24.3 Å². The second kappa shape index (κ2) is 14.1. The molecule has 0 radical (unpaired) electrons. The highest BCUT2D eigenvalue weighted by Crippen LogP contribution is 2.54. The number of benzene rings is 1. The third-order valence-corrected chi connectivity index (χ3v) is 8.13. The van der Waals surface area contributed by atoms with Crippen LogP contribution in [0.5, 0.6) is 5.75 Å². The van der Waals surface area contributed by atoms with E-state index in [2.05, 4.69) is 0 Å². The van der Waals surface area contributed by atoms with E-state index < -0.39 is 82.3 Å². The number of primary amides is 1. The van der Waals surface area contributed by atoms with E-state index in [1.165, 1.54) is 4.90 Å². The molecule has 1 fully saturated rings. The summed E-state index contributed by atoms with van der Waals surface area (Å²) < 4.78 is 63.5. The number of hydrogen-bond donors (Lipinski definition) is 7. The zero-order valence-electron chi connectivity index (χ0n) is 27.1. The van der Waals surface area contributed by atoms with E-state index in [-0.39, 0.29) is 29.7 Å². The van der Waals surface area contributed by atoms with Crippen LogP contribution < -0.4 is 15.5 Å². The number of anilines is 2. The number of aliphatic hydroxyl groups is 3. The van der Waals surface area contributed by atoms with Crippen molar-refractivity contribution in [2.75, 3.05) is 52.1 Å². The Morgan fingerprint density at radius 1 is 0.860 bits per heavy atom. The molecule has 0 bridgehead atoms. The van der Waals surface area contributed by atoms with Crippen molar-refractivity contribution >= 4 is 46.5 Å². The summed E-state index contributed by atoms with van der Waals surface area (Å²) in [7, 11) is 10.2. The van der Waals surface area contributed by atoms with E-state index in [1.807, 2.05) is 19.0 Å². The Kier molecular flexibility index (Phi) is 11.6. The van der Waals surface area contributed by atoms with Crippen LogP contribution in [0, 0.1) is 11.8 Å². The lowest BCUT2D eigenvalue weighted by Gasteiger charge is -2.50. The minimum Gasteiger partial charge on any atom is -0.508 e. The number of rotatable bonds is 4. The number of hydrogen-bond acceptors (Lipinski definition) is 12. The van der Waals surface area contributed by atoms with Gasteiger partial charge in [-0.15, -0.1) is 0 Å². The molecule has 278 valence electrons. The van der Waals surface area contributed by atoms with Gasteiger partial charge < -0.3 is 46.2 Å². The van der Waals surface area contributed by atoms with Crippen LogP contribution in [0.4, 0.5) is 37.7 Å². The summed E-state index contributed by atoms with van der Waals surface area (Å²) in [6.45, 7) is 0. The molecule has 21 heteroatoms. The molecule has 0 spiro atoms. The summed E-state index contributed by atoms with van der Waals surface area (Å²) in [5.74, 6) is -12.1. The number of carbonyl (C=O) groups excluding carboxylic acids is 3. The molecule has 1 aromatic rings. The standard InChI is InChI=1S/C25H32N4O7.2C2HF3O2/c1-27(2)13-9-14(28(3)4)19(30)16-11(13)7-10-8-12-18(29(5)6)21(32)17(24(26)35)23(34)25(12,36)22(33)15(10)20(16)31;2*3-2(4,5)1(6)7/h9-10,12,18,30-31,34,36H,7-8H2,1-6H3,(H2,26,35);2*(H,6,7)/t10-,12-,18-,25-;;/m0../s1. The Bertz CT molecular complexity index is 1640. The Hall–Kier alpha value is -5.05. The highest BCUT2D eigenvalue weighted by Gasteiger charge is 2.64. The molecule has 1 aromatic carbocycles. The smallest absolute Gasteiger partial charge is 0.490 e. The number of alkyl halides is 6. The van der Waals surface area contributed by atoms with Gasteiger partial charge in [-0.3, -0.25) is 19.3 Å². The molecule has 0 saturated heterocycles. The molecule has 0 aromatic heterocycles. The number of aliphatic hydroxyl groups excluding tert-OH is 2. The van der Waals surface area contributed by atoms with Crippen molar-refractivity contribution in [2.45, 2.75) is 36.8 Å². The lowest BCUT2D eigenvalue weighted by Crippen LogP contribution is -2.65. The minimum absolute atomic E-state index is 0.0504. The Morgan fingerprint density at radius 3 is 1.66 bits per heavy atom. The lowest BCUT2D eigenvalue weighted by atomic mass is 9.57. The van der Waals surface area contributed by atoms with Crippen LogP contribution in [0.1, 0.15) is 17.5 Å². The third-order valence-electron chi connectivity index (χ3n) is 8.13. The number of amides is 1. The predicted octanol–water partition coefficient (Wildman–Crippen LogP) is 1.36. The van der Waals surface area contributed by atoms with Gasteiger partial charge in [0.15, 0.2) is 11.4 Å². The topological polar surface area (TPSA) is 242 Å².